The van der Waals surface area contributed by atoms with Crippen LogP contribution >= 0.6 is 0 Å². The molecule has 2 aromatic carbocycles. The Morgan fingerprint density at radius 1 is 1.19 bits per heavy atom. The van der Waals surface area contributed by atoms with E-state index in [4.69, 9.17) is 0 Å². The maximum Gasteiger partial charge on any atom is 0.273 e. The lowest BCUT2D eigenvalue weighted by atomic mass is 10.1. The smallest absolute Gasteiger partial charge is 0.273 e. The Hall–Kier alpha value is -3.48. The predicted molar refractivity (Wildman–Crippen MR) is 98.3 cm³/mol. The molecular formula is C19H18N4O3. The largest absolute Gasteiger partial charge is 0.319 e. The number of carbonyl (C=O) groups is 1. The summed E-state index contributed by atoms with van der Waals surface area (Å²) in [5, 5.41) is 18.0. The Morgan fingerprint density at radius 2 is 1.92 bits per heavy atom. The van der Waals surface area contributed by atoms with Gasteiger partial charge >= 0.3 is 0 Å². The zero-order chi connectivity index (χ0) is 18.7. The third-order valence-electron chi connectivity index (χ3n) is 4.02. The molecule has 0 bridgehead atoms. The summed E-state index contributed by atoms with van der Waals surface area (Å²) in [7, 11) is 0. The molecule has 0 radical (unpaired) electrons. The minimum atomic E-state index is -0.494. The van der Waals surface area contributed by atoms with E-state index in [9.17, 15) is 14.9 Å². The minimum Gasteiger partial charge on any atom is -0.319 e. The van der Waals surface area contributed by atoms with Crippen molar-refractivity contribution in [2.24, 2.45) is 0 Å². The summed E-state index contributed by atoms with van der Waals surface area (Å²) in [4.78, 5) is 22.9. The highest BCUT2D eigenvalue weighted by Gasteiger charge is 2.15. The van der Waals surface area contributed by atoms with Gasteiger partial charge in [0.2, 0.25) is 0 Å². The molecule has 1 aromatic heterocycles. The lowest BCUT2D eigenvalue weighted by Crippen LogP contribution is -2.12. The third kappa shape index (κ3) is 3.94. The summed E-state index contributed by atoms with van der Waals surface area (Å²) in [5.74, 6) is -0.414. The fraction of sp³-hybridized carbons (Fsp3) is 0.158. The molecule has 0 unspecified atom stereocenters. The van der Waals surface area contributed by atoms with Crippen LogP contribution in [-0.2, 0) is 6.54 Å². The Kier molecular flexibility index (Phi) is 4.79. The van der Waals surface area contributed by atoms with Crippen LogP contribution in [0.25, 0.3) is 0 Å². The normalized spacial score (nSPS) is 10.5. The molecule has 1 heterocycles. The minimum absolute atomic E-state index is 0.0762. The first kappa shape index (κ1) is 17.3. The van der Waals surface area contributed by atoms with E-state index in [2.05, 4.69) is 10.4 Å². The number of hydrogen-bond acceptors (Lipinski definition) is 4. The fourth-order valence-electron chi connectivity index (χ4n) is 2.55. The van der Waals surface area contributed by atoms with Crippen LogP contribution in [0, 0.1) is 24.0 Å². The summed E-state index contributed by atoms with van der Waals surface area (Å²) in [6.07, 6.45) is 3.27. The van der Waals surface area contributed by atoms with Crippen molar-refractivity contribution in [2.75, 3.05) is 5.32 Å². The number of carbonyl (C=O) groups excluding carboxylic acids is 1. The first-order chi connectivity index (χ1) is 12.4. The fourth-order valence-corrected chi connectivity index (χ4v) is 2.55. The van der Waals surface area contributed by atoms with Crippen LogP contribution in [0.2, 0.25) is 0 Å². The highest BCUT2D eigenvalue weighted by atomic mass is 16.6. The number of aromatic nitrogens is 2. The maximum atomic E-state index is 12.3. The quantitative estimate of drug-likeness (QED) is 0.561. The molecule has 0 saturated heterocycles. The van der Waals surface area contributed by atoms with Crippen molar-refractivity contribution in [2.45, 2.75) is 20.4 Å². The second-order valence-corrected chi connectivity index (χ2v) is 6.12. The number of nitrogens with zero attached hydrogens (tertiary/aromatic N) is 3. The number of hydrogen-bond donors (Lipinski definition) is 1. The van der Waals surface area contributed by atoms with Crippen molar-refractivity contribution in [3.05, 3.63) is 87.2 Å². The number of nitro benzene ring substituents is 1. The first-order valence-corrected chi connectivity index (χ1v) is 8.07. The highest BCUT2D eigenvalue weighted by molar-refractivity contribution is 6.04. The number of nitrogens with one attached hydrogen (secondary N) is 1. The van der Waals surface area contributed by atoms with Gasteiger partial charge in [-0.3, -0.25) is 19.6 Å². The van der Waals surface area contributed by atoms with Crippen molar-refractivity contribution in [1.82, 2.24) is 9.78 Å². The Bertz CT molecular complexity index is 961. The van der Waals surface area contributed by atoms with E-state index in [-0.39, 0.29) is 11.3 Å². The van der Waals surface area contributed by atoms with Crippen LogP contribution < -0.4 is 5.32 Å². The van der Waals surface area contributed by atoms with Crippen LogP contribution in [0.3, 0.4) is 0 Å². The molecule has 0 aliphatic heterocycles. The Labute approximate surface area is 150 Å². The number of amides is 1. The Morgan fingerprint density at radius 3 is 2.62 bits per heavy atom. The highest BCUT2D eigenvalue weighted by Crippen LogP contribution is 2.20. The monoisotopic (exact) mass is 350 g/mol. The van der Waals surface area contributed by atoms with Crippen LogP contribution in [-0.4, -0.2) is 20.6 Å². The van der Waals surface area contributed by atoms with Gasteiger partial charge in [-0.2, -0.15) is 5.10 Å². The number of aryl methyl sites for hydroxylation is 2. The molecule has 7 nitrogen and oxygen atoms in total. The molecule has 3 aromatic rings. The van der Waals surface area contributed by atoms with Crippen molar-refractivity contribution in [3.63, 3.8) is 0 Å². The second kappa shape index (κ2) is 7.18. The second-order valence-electron chi connectivity index (χ2n) is 6.12. The van der Waals surface area contributed by atoms with Crippen molar-refractivity contribution in [1.29, 1.82) is 0 Å². The number of benzene rings is 2. The number of nitro groups is 1. The molecular weight excluding hydrogens is 332 g/mol. The molecule has 0 fully saturated rings. The standard InChI is InChI=1S/C19H18N4O3/c1-13-3-6-15(7-4-13)11-22-12-17(10-20-22)21-19(24)16-8-5-14(2)18(9-16)23(25)26/h3-10,12H,11H2,1-2H3,(H,21,24). The van der Waals surface area contributed by atoms with Crippen LogP contribution in [0.15, 0.2) is 54.9 Å². The van der Waals surface area contributed by atoms with Gasteiger partial charge in [0.25, 0.3) is 11.6 Å². The molecule has 0 aliphatic rings. The van der Waals surface area contributed by atoms with Crippen molar-refractivity contribution >= 4 is 17.3 Å². The summed E-state index contributed by atoms with van der Waals surface area (Å²) >= 11 is 0. The van der Waals surface area contributed by atoms with E-state index in [1.54, 1.807) is 36.1 Å². The van der Waals surface area contributed by atoms with Gasteiger partial charge in [0.05, 0.1) is 23.4 Å². The average molecular weight is 350 g/mol. The molecule has 1 amide bonds. The number of anilines is 1. The van der Waals surface area contributed by atoms with Crippen molar-refractivity contribution in [3.8, 4) is 0 Å². The molecule has 26 heavy (non-hydrogen) atoms. The molecule has 7 heteroatoms. The van der Waals surface area contributed by atoms with E-state index < -0.39 is 10.8 Å². The van der Waals surface area contributed by atoms with Gasteiger partial charge < -0.3 is 5.32 Å². The molecule has 3 rings (SSSR count). The molecule has 0 spiro atoms. The predicted octanol–water partition coefficient (Wildman–Crippen LogP) is 3.71. The third-order valence-corrected chi connectivity index (χ3v) is 4.02. The lowest BCUT2D eigenvalue weighted by molar-refractivity contribution is -0.385. The van der Waals surface area contributed by atoms with Gasteiger partial charge in [0.15, 0.2) is 0 Å². The Balaban J connectivity index is 1.70. The molecule has 1 N–H and O–H groups in total. The molecule has 0 atom stereocenters. The summed E-state index contributed by atoms with van der Waals surface area (Å²) < 4.78 is 1.72. The first-order valence-electron chi connectivity index (χ1n) is 8.07. The lowest BCUT2D eigenvalue weighted by Gasteiger charge is -2.04. The van der Waals surface area contributed by atoms with Gasteiger partial charge in [0.1, 0.15) is 0 Å². The zero-order valence-corrected chi connectivity index (χ0v) is 14.5. The van der Waals surface area contributed by atoms with Crippen molar-refractivity contribution < 1.29 is 9.72 Å². The van der Waals surface area contributed by atoms with Gasteiger partial charge in [-0.1, -0.05) is 35.9 Å². The van der Waals surface area contributed by atoms with Gasteiger partial charge in [-0.15, -0.1) is 0 Å². The summed E-state index contributed by atoms with van der Waals surface area (Å²) in [6, 6.07) is 12.5. The van der Waals surface area contributed by atoms with Gasteiger partial charge in [-0.05, 0) is 25.5 Å². The summed E-state index contributed by atoms with van der Waals surface area (Å²) in [6.45, 7) is 4.25. The van der Waals surface area contributed by atoms with E-state index in [1.807, 2.05) is 31.2 Å². The van der Waals surface area contributed by atoms with E-state index in [1.165, 1.54) is 11.6 Å². The summed E-state index contributed by atoms with van der Waals surface area (Å²) in [5.41, 5.74) is 3.49. The van der Waals surface area contributed by atoms with Crippen LogP contribution in [0.5, 0.6) is 0 Å². The molecule has 132 valence electrons. The SMILES string of the molecule is Cc1ccc(Cn2cc(NC(=O)c3ccc(C)c([N+](=O)[O-])c3)cn2)cc1. The van der Waals surface area contributed by atoms with E-state index in [0.717, 1.165) is 5.56 Å². The van der Waals surface area contributed by atoms with E-state index in [0.29, 0.717) is 17.8 Å². The topological polar surface area (TPSA) is 90.1 Å². The van der Waals surface area contributed by atoms with Gasteiger partial charge in [0, 0.05) is 23.4 Å². The van der Waals surface area contributed by atoms with Crippen LogP contribution in [0.4, 0.5) is 11.4 Å². The maximum absolute atomic E-state index is 12.3. The zero-order valence-electron chi connectivity index (χ0n) is 14.5. The van der Waals surface area contributed by atoms with Gasteiger partial charge in [-0.25, -0.2) is 0 Å². The number of rotatable bonds is 5. The molecule has 0 saturated carbocycles. The van der Waals surface area contributed by atoms with E-state index >= 15 is 0 Å². The molecule has 0 aliphatic carbocycles. The average Bonchev–Trinajstić information content (AvgIpc) is 3.04. The van der Waals surface area contributed by atoms with Crippen LogP contribution in [0.1, 0.15) is 27.0 Å².